The van der Waals surface area contributed by atoms with Crippen LogP contribution in [0.1, 0.15) is 27.7 Å². The Morgan fingerprint density at radius 3 is 1.50 bits per heavy atom. The van der Waals surface area contributed by atoms with E-state index in [1.807, 2.05) is 0 Å². The highest BCUT2D eigenvalue weighted by Crippen LogP contribution is 2.43. The smallest absolute Gasteiger partial charge is 0.429 e. The third kappa shape index (κ3) is 8.38. The molecule has 0 aliphatic heterocycles. The Morgan fingerprint density at radius 2 is 1.22 bits per heavy atom. The molecular formula is C18H22F7NO6. The lowest BCUT2D eigenvalue weighted by molar-refractivity contribution is -0.311. The summed E-state index contributed by atoms with van der Waals surface area (Å²) in [5.41, 5.74) is -7.19. The molecule has 0 aliphatic carbocycles. The molecule has 1 amide bonds. The number of amides is 1. The molecule has 0 bridgehead atoms. The van der Waals surface area contributed by atoms with E-state index in [1.54, 1.807) is 5.32 Å². The summed E-state index contributed by atoms with van der Waals surface area (Å²) >= 11 is 0. The number of esters is 2. The van der Waals surface area contributed by atoms with Crippen LogP contribution in [0, 0.1) is 0 Å². The number of alkyl carbamates (subject to hydrolysis) is 1. The van der Waals surface area contributed by atoms with E-state index in [2.05, 4.69) is 17.9 Å². The molecule has 184 valence electrons. The standard InChI is InChI=1S/C18H22F7NO6/c1-9(2)11(27)30-7-15(5,8-31-12(28)10(3)4)26-14(29)32-13(17(20,21)22)16(6,19)18(23,24)25/h13H,1,3,7-8H2,2,4-6H3,(H,26,29). The first kappa shape index (κ1) is 29.2. The highest BCUT2D eigenvalue weighted by Gasteiger charge is 2.67. The van der Waals surface area contributed by atoms with Crippen molar-refractivity contribution in [1.82, 2.24) is 5.32 Å². The minimum Gasteiger partial charge on any atom is -0.460 e. The Hall–Kier alpha value is -2.80. The minimum absolute atomic E-state index is 0.107. The number of hydrogen-bond donors (Lipinski definition) is 1. The minimum atomic E-state index is -6.04. The highest BCUT2D eigenvalue weighted by molar-refractivity contribution is 5.87. The number of hydrogen-bond acceptors (Lipinski definition) is 6. The fourth-order valence-corrected chi connectivity index (χ4v) is 1.83. The molecule has 0 aromatic carbocycles. The molecule has 0 radical (unpaired) electrons. The van der Waals surface area contributed by atoms with Gasteiger partial charge in [0.05, 0.1) is 0 Å². The Bertz CT molecular complexity index is 728. The number of alkyl halides is 7. The zero-order valence-electron chi connectivity index (χ0n) is 17.5. The second-order valence-electron chi connectivity index (χ2n) is 7.30. The van der Waals surface area contributed by atoms with Gasteiger partial charge in [-0.15, -0.1) is 0 Å². The summed E-state index contributed by atoms with van der Waals surface area (Å²) < 4.78 is 104. The Morgan fingerprint density at radius 1 is 0.844 bits per heavy atom. The zero-order valence-corrected chi connectivity index (χ0v) is 17.5. The van der Waals surface area contributed by atoms with Crippen molar-refractivity contribution < 1.29 is 59.3 Å². The van der Waals surface area contributed by atoms with E-state index < -0.39 is 67.8 Å². The van der Waals surface area contributed by atoms with Crippen LogP contribution in [0.25, 0.3) is 0 Å². The Kier molecular flexibility index (Phi) is 9.32. The molecule has 1 N–H and O–H groups in total. The molecule has 32 heavy (non-hydrogen) atoms. The molecule has 2 atom stereocenters. The average molecular weight is 481 g/mol. The van der Waals surface area contributed by atoms with Crippen molar-refractivity contribution in [2.24, 2.45) is 0 Å². The Labute approximate surface area is 178 Å². The van der Waals surface area contributed by atoms with Crippen LogP contribution in [0.15, 0.2) is 24.3 Å². The van der Waals surface area contributed by atoms with Crippen LogP contribution < -0.4 is 5.32 Å². The van der Waals surface area contributed by atoms with E-state index in [9.17, 15) is 45.1 Å². The predicted molar refractivity (Wildman–Crippen MR) is 95.0 cm³/mol. The lowest BCUT2D eigenvalue weighted by atomic mass is 10.00. The quantitative estimate of drug-likeness (QED) is 0.232. The SMILES string of the molecule is C=C(C)C(=O)OCC(C)(COC(=O)C(=C)C)NC(=O)OC(C(F)(F)F)C(C)(F)C(F)(F)F. The molecule has 0 spiro atoms. The maximum Gasteiger partial charge on any atom is 0.429 e. The molecule has 0 rings (SSSR count). The number of halogens is 7. The summed E-state index contributed by atoms with van der Waals surface area (Å²) in [4.78, 5) is 35.1. The molecule has 0 saturated carbocycles. The second kappa shape index (κ2) is 10.2. The summed E-state index contributed by atoms with van der Waals surface area (Å²) in [6, 6.07) is 0. The van der Waals surface area contributed by atoms with Gasteiger partial charge in [-0.2, -0.15) is 26.3 Å². The molecule has 14 heteroatoms. The monoisotopic (exact) mass is 481 g/mol. The molecule has 0 saturated heterocycles. The zero-order chi connectivity index (χ0) is 25.7. The first-order valence-corrected chi connectivity index (χ1v) is 8.60. The maximum absolute atomic E-state index is 13.9. The third-order valence-electron chi connectivity index (χ3n) is 3.71. The van der Waals surface area contributed by atoms with Crippen LogP contribution in [0.3, 0.4) is 0 Å². The van der Waals surface area contributed by atoms with E-state index in [0.29, 0.717) is 0 Å². The molecule has 0 heterocycles. The van der Waals surface area contributed by atoms with Gasteiger partial charge in [0.15, 0.2) is 0 Å². The number of rotatable bonds is 9. The largest absolute Gasteiger partial charge is 0.460 e. The molecular weight excluding hydrogens is 459 g/mol. The van der Waals surface area contributed by atoms with Gasteiger partial charge in [-0.25, -0.2) is 18.8 Å². The van der Waals surface area contributed by atoms with E-state index in [4.69, 9.17) is 9.47 Å². The van der Waals surface area contributed by atoms with Crippen molar-refractivity contribution >= 4 is 18.0 Å². The van der Waals surface area contributed by atoms with Crippen LogP contribution in [0.5, 0.6) is 0 Å². The van der Waals surface area contributed by atoms with Gasteiger partial charge in [0.1, 0.15) is 18.8 Å². The van der Waals surface area contributed by atoms with Gasteiger partial charge in [-0.1, -0.05) is 13.2 Å². The molecule has 2 unspecified atom stereocenters. The summed E-state index contributed by atoms with van der Waals surface area (Å²) in [6.45, 7) is 7.94. The van der Waals surface area contributed by atoms with Crippen LogP contribution >= 0.6 is 0 Å². The summed E-state index contributed by atoms with van der Waals surface area (Å²) in [6.07, 6.45) is -18.4. The molecule has 0 aromatic heterocycles. The molecule has 0 aliphatic rings. The van der Waals surface area contributed by atoms with E-state index in [0.717, 1.165) is 6.92 Å². The van der Waals surface area contributed by atoms with Gasteiger partial charge in [-0.05, 0) is 27.7 Å². The van der Waals surface area contributed by atoms with Crippen LogP contribution in [0.2, 0.25) is 0 Å². The average Bonchev–Trinajstić information content (AvgIpc) is 2.60. The maximum atomic E-state index is 13.9. The molecule has 0 fully saturated rings. The van der Waals surface area contributed by atoms with Crippen molar-refractivity contribution in [1.29, 1.82) is 0 Å². The second-order valence-corrected chi connectivity index (χ2v) is 7.30. The first-order chi connectivity index (χ1) is 14.1. The normalized spacial score (nSPS) is 15.1. The fraction of sp³-hybridized carbons (Fsp3) is 0.611. The van der Waals surface area contributed by atoms with Gasteiger partial charge in [-0.3, -0.25) is 0 Å². The number of carbonyl (C=O) groups is 3. The van der Waals surface area contributed by atoms with Crippen molar-refractivity contribution in [3.63, 3.8) is 0 Å². The lowest BCUT2D eigenvalue weighted by Gasteiger charge is -2.34. The van der Waals surface area contributed by atoms with Crippen LogP contribution in [-0.4, -0.2) is 60.9 Å². The van der Waals surface area contributed by atoms with Gasteiger partial charge in [0, 0.05) is 11.1 Å². The predicted octanol–water partition coefficient (Wildman–Crippen LogP) is 3.93. The summed E-state index contributed by atoms with van der Waals surface area (Å²) in [5, 5.41) is 1.70. The highest BCUT2D eigenvalue weighted by atomic mass is 19.4. The van der Waals surface area contributed by atoms with Crippen molar-refractivity contribution in [2.75, 3.05) is 13.2 Å². The van der Waals surface area contributed by atoms with Crippen LogP contribution in [0.4, 0.5) is 35.5 Å². The third-order valence-corrected chi connectivity index (χ3v) is 3.71. The fourth-order valence-electron chi connectivity index (χ4n) is 1.83. The van der Waals surface area contributed by atoms with Gasteiger partial charge in [0.2, 0.25) is 11.8 Å². The Balaban J connectivity index is 5.72. The summed E-state index contributed by atoms with van der Waals surface area (Å²) in [7, 11) is 0. The molecule has 0 aromatic rings. The van der Waals surface area contributed by atoms with Crippen LogP contribution in [-0.2, 0) is 23.8 Å². The number of ether oxygens (including phenoxy) is 3. The topological polar surface area (TPSA) is 90.9 Å². The van der Waals surface area contributed by atoms with Gasteiger partial charge in [0.25, 0.3) is 0 Å². The first-order valence-electron chi connectivity index (χ1n) is 8.60. The van der Waals surface area contributed by atoms with E-state index >= 15 is 0 Å². The lowest BCUT2D eigenvalue weighted by Crippen LogP contribution is -2.60. The van der Waals surface area contributed by atoms with Crippen molar-refractivity contribution in [2.45, 2.75) is 57.4 Å². The van der Waals surface area contributed by atoms with Gasteiger partial charge < -0.3 is 19.5 Å². The van der Waals surface area contributed by atoms with E-state index in [-0.39, 0.29) is 11.1 Å². The van der Waals surface area contributed by atoms with E-state index in [1.165, 1.54) is 13.8 Å². The van der Waals surface area contributed by atoms with Crippen molar-refractivity contribution in [3.8, 4) is 0 Å². The molecule has 7 nitrogen and oxygen atoms in total. The number of nitrogens with one attached hydrogen (secondary N) is 1. The van der Waals surface area contributed by atoms with Gasteiger partial charge >= 0.3 is 30.4 Å². The summed E-state index contributed by atoms with van der Waals surface area (Å²) in [5.74, 6) is -2.00. The number of carbonyl (C=O) groups excluding carboxylic acids is 3. The van der Waals surface area contributed by atoms with Crippen molar-refractivity contribution in [3.05, 3.63) is 24.3 Å².